The van der Waals surface area contributed by atoms with E-state index < -0.39 is 0 Å². The number of rotatable bonds is 3. The van der Waals surface area contributed by atoms with Gasteiger partial charge >= 0.3 is 0 Å². The van der Waals surface area contributed by atoms with E-state index in [2.05, 4.69) is 41.1 Å². The van der Waals surface area contributed by atoms with Crippen molar-refractivity contribution in [3.8, 4) is 11.3 Å². The molecule has 2 aromatic rings. The average molecular weight is 296 g/mol. The van der Waals surface area contributed by atoms with Crippen LogP contribution in [0.5, 0.6) is 0 Å². The first-order valence-corrected chi connectivity index (χ1v) is 8.27. The molecule has 0 unspecified atom stereocenters. The Hall–Kier alpha value is -2.03. The van der Waals surface area contributed by atoms with Gasteiger partial charge in [-0.15, -0.1) is 0 Å². The van der Waals surface area contributed by atoms with Gasteiger partial charge in [0.2, 0.25) is 0 Å². The van der Waals surface area contributed by atoms with Crippen molar-refractivity contribution in [1.82, 2.24) is 4.98 Å². The summed E-state index contributed by atoms with van der Waals surface area (Å²) in [7, 11) is 0. The Morgan fingerprint density at radius 2 is 1.77 bits per heavy atom. The molecule has 1 aliphatic rings. The summed E-state index contributed by atoms with van der Waals surface area (Å²) in [6.07, 6.45) is 4.83. The molecule has 1 N–H and O–H groups in total. The van der Waals surface area contributed by atoms with Gasteiger partial charge in [0.25, 0.3) is 5.56 Å². The molecule has 0 atom stereocenters. The monoisotopic (exact) mass is 296 g/mol. The van der Waals surface area contributed by atoms with Crippen LogP contribution in [0.4, 0.5) is 5.69 Å². The second kappa shape index (κ2) is 6.39. The van der Waals surface area contributed by atoms with Gasteiger partial charge in [-0.25, -0.2) is 0 Å². The summed E-state index contributed by atoms with van der Waals surface area (Å²) in [6, 6.07) is 10.6. The fourth-order valence-corrected chi connectivity index (χ4v) is 3.22. The highest BCUT2D eigenvalue weighted by molar-refractivity contribution is 5.66. The molecule has 22 heavy (non-hydrogen) atoms. The molecule has 3 nitrogen and oxygen atoms in total. The number of piperidine rings is 1. The molecule has 0 bridgehead atoms. The van der Waals surface area contributed by atoms with Crippen molar-refractivity contribution in [2.24, 2.45) is 0 Å². The lowest BCUT2D eigenvalue weighted by atomic mass is 10.0. The highest BCUT2D eigenvalue weighted by Crippen LogP contribution is 2.26. The fourth-order valence-electron chi connectivity index (χ4n) is 3.22. The van der Waals surface area contributed by atoms with E-state index in [-0.39, 0.29) is 5.56 Å². The number of hydrogen-bond donors (Lipinski definition) is 1. The first kappa shape index (κ1) is 14.9. The normalized spacial score (nSPS) is 15.1. The van der Waals surface area contributed by atoms with Gasteiger partial charge in [0.15, 0.2) is 0 Å². The van der Waals surface area contributed by atoms with Crippen molar-refractivity contribution in [1.29, 1.82) is 0 Å². The molecule has 0 aliphatic carbocycles. The molecule has 1 saturated heterocycles. The summed E-state index contributed by atoms with van der Waals surface area (Å²) < 4.78 is 0. The average Bonchev–Trinajstić information content (AvgIpc) is 2.58. The Bertz CT molecular complexity index is 694. The maximum absolute atomic E-state index is 11.9. The maximum Gasteiger partial charge on any atom is 0.251 e. The zero-order valence-electron chi connectivity index (χ0n) is 13.5. The van der Waals surface area contributed by atoms with E-state index in [1.807, 2.05) is 13.0 Å². The summed E-state index contributed by atoms with van der Waals surface area (Å²) in [5.41, 5.74) is 5.33. The van der Waals surface area contributed by atoms with Crippen molar-refractivity contribution in [2.75, 3.05) is 18.0 Å². The predicted octanol–water partition coefficient (Wildman–Crippen LogP) is 3.90. The summed E-state index contributed by atoms with van der Waals surface area (Å²) in [6.45, 7) is 6.29. The molecule has 1 fully saturated rings. The minimum atomic E-state index is 0.00677. The first-order chi connectivity index (χ1) is 10.7. The minimum absolute atomic E-state index is 0.00677. The fraction of sp³-hybridized carbons (Fsp3) is 0.421. The number of pyridine rings is 1. The Morgan fingerprint density at radius 3 is 2.41 bits per heavy atom. The lowest BCUT2D eigenvalue weighted by molar-refractivity contribution is 0.578. The molecule has 0 saturated carbocycles. The highest BCUT2D eigenvalue weighted by atomic mass is 16.1. The van der Waals surface area contributed by atoms with Crippen LogP contribution in [0, 0.1) is 6.92 Å². The minimum Gasteiger partial charge on any atom is -0.372 e. The molecule has 2 heterocycles. The van der Waals surface area contributed by atoms with Crippen molar-refractivity contribution in [2.45, 2.75) is 39.5 Å². The lowest BCUT2D eigenvalue weighted by Gasteiger charge is -2.28. The molecule has 1 aromatic carbocycles. The van der Waals surface area contributed by atoms with Crippen LogP contribution in [-0.2, 0) is 6.42 Å². The molecule has 1 aliphatic heterocycles. The van der Waals surface area contributed by atoms with E-state index in [1.54, 1.807) is 0 Å². The summed E-state index contributed by atoms with van der Waals surface area (Å²) in [5, 5.41) is 0. The second-order valence-electron chi connectivity index (χ2n) is 6.13. The highest BCUT2D eigenvalue weighted by Gasteiger charge is 2.12. The molecule has 0 amide bonds. The maximum atomic E-state index is 11.9. The molecular weight excluding hydrogens is 272 g/mol. The summed E-state index contributed by atoms with van der Waals surface area (Å²) >= 11 is 0. The predicted molar refractivity (Wildman–Crippen MR) is 92.7 cm³/mol. The Labute approximate surface area is 132 Å². The third-order valence-electron chi connectivity index (χ3n) is 4.57. The Kier molecular flexibility index (Phi) is 4.32. The van der Waals surface area contributed by atoms with Gasteiger partial charge < -0.3 is 9.88 Å². The number of H-pyrrole nitrogens is 1. The molecule has 1 aromatic heterocycles. The van der Waals surface area contributed by atoms with Crippen LogP contribution in [0.15, 0.2) is 35.1 Å². The standard InChI is InChI=1S/C19H24N2O/c1-3-15-13-14(2)19(22)20-18(15)16-7-9-17(10-8-16)21-11-5-4-6-12-21/h7-10,13H,3-6,11-12H2,1-2H3,(H,20,22). The van der Waals surface area contributed by atoms with Gasteiger partial charge in [0.1, 0.15) is 0 Å². The molecular formula is C19H24N2O. The summed E-state index contributed by atoms with van der Waals surface area (Å²) in [5.74, 6) is 0. The largest absolute Gasteiger partial charge is 0.372 e. The number of hydrogen-bond acceptors (Lipinski definition) is 2. The van der Waals surface area contributed by atoms with Crippen molar-refractivity contribution in [3.63, 3.8) is 0 Å². The van der Waals surface area contributed by atoms with Crippen LogP contribution in [-0.4, -0.2) is 18.1 Å². The van der Waals surface area contributed by atoms with E-state index in [1.165, 1.54) is 30.5 Å². The number of anilines is 1. The molecule has 116 valence electrons. The topological polar surface area (TPSA) is 36.1 Å². The lowest BCUT2D eigenvalue weighted by Crippen LogP contribution is -2.29. The van der Waals surface area contributed by atoms with Gasteiger partial charge in [-0.05, 0) is 61.9 Å². The van der Waals surface area contributed by atoms with E-state index in [4.69, 9.17) is 0 Å². The van der Waals surface area contributed by atoms with E-state index in [9.17, 15) is 4.79 Å². The Balaban J connectivity index is 1.92. The van der Waals surface area contributed by atoms with Gasteiger partial charge in [0.05, 0.1) is 5.69 Å². The van der Waals surface area contributed by atoms with Crippen LogP contribution in [0.25, 0.3) is 11.3 Å². The van der Waals surface area contributed by atoms with Crippen LogP contribution in [0.3, 0.4) is 0 Å². The van der Waals surface area contributed by atoms with Gasteiger partial charge in [-0.1, -0.05) is 19.1 Å². The third-order valence-corrected chi connectivity index (χ3v) is 4.57. The number of benzene rings is 1. The molecule has 3 heteroatoms. The molecule has 0 radical (unpaired) electrons. The third kappa shape index (κ3) is 2.94. The number of nitrogens with one attached hydrogen (secondary N) is 1. The number of aromatic amines is 1. The Morgan fingerprint density at radius 1 is 1.09 bits per heavy atom. The summed E-state index contributed by atoms with van der Waals surface area (Å²) in [4.78, 5) is 17.4. The van der Waals surface area contributed by atoms with Crippen molar-refractivity contribution >= 4 is 5.69 Å². The van der Waals surface area contributed by atoms with Gasteiger partial charge in [-0.2, -0.15) is 0 Å². The number of nitrogens with zero attached hydrogens (tertiary/aromatic N) is 1. The van der Waals surface area contributed by atoms with Gasteiger partial charge in [0, 0.05) is 24.3 Å². The van der Waals surface area contributed by atoms with Gasteiger partial charge in [-0.3, -0.25) is 4.79 Å². The molecule has 3 rings (SSSR count). The van der Waals surface area contributed by atoms with Crippen molar-refractivity contribution < 1.29 is 0 Å². The quantitative estimate of drug-likeness (QED) is 0.932. The first-order valence-electron chi connectivity index (χ1n) is 8.27. The zero-order chi connectivity index (χ0) is 15.5. The number of aryl methyl sites for hydroxylation is 2. The van der Waals surface area contributed by atoms with Crippen molar-refractivity contribution in [3.05, 3.63) is 51.8 Å². The van der Waals surface area contributed by atoms with Crippen LogP contribution in [0.2, 0.25) is 0 Å². The SMILES string of the molecule is CCc1cc(C)c(=O)[nH]c1-c1ccc(N2CCCCC2)cc1. The number of aromatic nitrogens is 1. The smallest absolute Gasteiger partial charge is 0.251 e. The van der Waals surface area contributed by atoms with Crippen LogP contribution in [0.1, 0.15) is 37.3 Å². The van der Waals surface area contributed by atoms with Crippen LogP contribution < -0.4 is 10.5 Å². The zero-order valence-corrected chi connectivity index (χ0v) is 13.5. The second-order valence-corrected chi connectivity index (χ2v) is 6.13. The van der Waals surface area contributed by atoms with E-state index in [0.717, 1.165) is 36.3 Å². The van der Waals surface area contributed by atoms with E-state index >= 15 is 0 Å². The van der Waals surface area contributed by atoms with E-state index in [0.29, 0.717) is 0 Å². The van der Waals surface area contributed by atoms with Crippen LogP contribution >= 0.6 is 0 Å². The molecule has 0 spiro atoms.